The zero-order chi connectivity index (χ0) is 12.4. The van der Waals surface area contributed by atoms with Gasteiger partial charge in [0.1, 0.15) is 17.0 Å². The molecule has 0 aliphatic rings. The number of rotatable bonds is 3. The Bertz CT molecular complexity index is 544. The average molecular weight is 232 g/mol. The second kappa shape index (κ2) is 4.29. The first-order chi connectivity index (χ1) is 8.17. The molecular weight excluding hydrogens is 220 g/mol. The van der Waals surface area contributed by atoms with Gasteiger partial charge in [-0.2, -0.15) is 5.10 Å². The van der Waals surface area contributed by atoms with Crippen LogP contribution in [0, 0.1) is 0 Å². The number of nitrogens with zero attached hydrogens (tertiary/aromatic N) is 2. The van der Waals surface area contributed by atoms with E-state index in [-0.39, 0.29) is 11.4 Å². The van der Waals surface area contributed by atoms with Gasteiger partial charge in [-0.05, 0) is 24.3 Å². The number of hydrogen-bond donors (Lipinski definition) is 1. The third-order valence-electron chi connectivity index (χ3n) is 2.53. The molecule has 0 aliphatic carbocycles. The predicted octanol–water partition coefficient (Wildman–Crippen LogP) is 1.61. The van der Waals surface area contributed by atoms with Gasteiger partial charge in [0.2, 0.25) is 5.88 Å². The normalized spacial score (nSPS) is 10.2. The number of hydrogen-bond acceptors (Lipinski definition) is 4. The Balaban J connectivity index is 2.52. The Morgan fingerprint density at radius 3 is 2.53 bits per heavy atom. The minimum Gasteiger partial charge on any atom is -0.497 e. The van der Waals surface area contributed by atoms with Gasteiger partial charge in [0.15, 0.2) is 6.29 Å². The lowest BCUT2D eigenvalue weighted by Crippen LogP contribution is -1.89. The highest BCUT2D eigenvalue weighted by Crippen LogP contribution is 2.28. The van der Waals surface area contributed by atoms with Gasteiger partial charge in [0.25, 0.3) is 0 Å². The summed E-state index contributed by atoms with van der Waals surface area (Å²) >= 11 is 0. The van der Waals surface area contributed by atoms with Crippen LogP contribution in [0.1, 0.15) is 10.4 Å². The molecule has 1 aromatic carbocycles. The van der Waals surface area contributed by atoms with E-state index in [0.717, 1.165) is 11.3 Å². The van der Waals surface area contributed by atoms with Gasteiger partial charge < -0.3 is 9.84 Å². The first-order valence-electron chi connectivity index (χ1n) is 5.03. The van der Waals surface area contributed by atoms with E-state index in [0.29, 0.717) is 12.0 Å². The maximum atomic E-state index is 10.9. The van der Waals surface area contributed by atoms with Crippen LogP contribution in [0.15, 0.2) is 24.3 Å². The molecule has 0 amide bonds. The van der Waals surface area contributed by atoms with Crippen LogP contribution in [-0.2, 0) is 7.05 Å². The molecular formula is C12H12N2O3. The number of benzene rings is 1. The van der Waals surface area contributed by atoms with Crippen molar-refractivity contribution in [2.24, 2.45) is 7.05 Å². The fourth-order valence-corrected chi connectivity index (χ4v) is 1.60. The first-order valence-corrected chi connectivity index (χ1v) is 5.03. The molecule has 0 saturated carbocycles. The van der Waals surface area contributed by atoms with Gasteiger partial charge in [0.05, 0.1) is 7.11 Å². The number of carbonyl (C=O) groups is 1. The summed E-state index contributed by atoms with van der Waals surface area (Å²) in [4.78, 5) is 10.9. The number of aryl methyl sites for hydroxylation is 1. The number of carbonyl (C=O) groups excluding carboxylic acids is 1. The van der Waals surface area contributed by atoms with Crippen LogP contribution in [0.2, 0.25) is 0 Å². The van der Waals surface area contributed by atoms with Crippen molar-refractivity contribution in [3.63, 3.8) is 0 Å². The van der Waals surface area contributed by atoms with Gasteiger partial charge in [-0.1, -0.05) is 0 Å². The minimum absolute atomic E-state index is 0.134. The predicted molar refractivity (Wildman–Crippen MR) is 62.2 cm³/mol. The summed E-state index contributed by atoms with van der Waals surface area (Å²) in [6.07, 6.45) is 0.599. The monoisotopic (exact) mass is 232 g/mol. The highest BCUT2D eigenvalue weighted by Gasteiger charge is 2.16. The molecule has 5 heteroatoms. The third kappa shape index (κ3) is 1.87. The molecule has 0 unspecified atom stereocenters. The van der Waals surface area contributed by atoms with Gasteiger partial charge in [0, 0.05) is 12.6 Å². The summed E-state index contributed by atoms with van der Waals surface area (Å²) in [5.41, 5.74) is 1.41. The molecule has 88 valence electrons. The van der Waals surface area contributed by atoms with Crippen molar-refractivity contribution >= 4 is 6.29 Å². The maximum absolute atomic E-state index is 10.9. The summed E-state index contributed by atoms with van der Waals surface area (Å²) in [7, 11) is 3.16. The van der Waals surface area contributed by atoms with E-state index in [2.05, 4.69) is 5.10 Å². The van der Waals surface area contributed by atoms with Crippen LogP contribution in [0.4, 0.5) is 0 Å². The molecule has 5 nitrogen and oxygen atoms in total. The molecule has 0 atom stereocenters. The fraction of sp³-hybridized carbons (Fsp3) is 0.167. The zero-order valence-corrected chi connectivity index (χ0v) is 9.54. The van der Waals surface area contributed by atoms with Crippen LogP contribution in [0.3, 0.4) is 0 Å². The molecule has 0 fully saturated rings. The number of ether oxygens (including phenoxy) is 1. The standard InChI is InChI=1S/C12H12N2O3/c1-14-12(16)10(7-15)11(13-14)8-3-5-9(17-2)6-4-8/h3-7,16H,1-2H3. The number of methoxy groups -OCH3 is 1. The Morgan fingerprint density at radius 2 is 2.00 bits per heavy atom. The van der Waals surface area contributed by atoms with Crippen LogP contribution < -0.4 is 4.74 Å². The lowest BCUT2D eigenvalue weighted by atomic mass is 10.1. The van der Waals surface area contributed by atoms with Crippen molar-refractivity contribution in [3.05, 3.63) is 29.8 Å². The number of aldehydes is 1. The summed E-state index contributed by atoms with van der Waals surface area (Å²) in [6, 6.07) is 7.12. The smallest absolute Gasteiger partial charge is 0.220 e. The van der Waals surface area contributed by atoms with Gasteiger partial charge >= 0.3 is 0 Å². The van der Waals surface area contributed by atoms with Crippen LogP contribution >= 0.6 is 0 Å². The van der Waals surface area contributed by atoms with E-state index in [9.17, 15) is 9.90 Å². The second-order valence-electron chi connectivity index (χ2n) is 3.56. The van der Waals surface area contributed by atoms with Crippen LogP contribution in [0.5, 0.6) is 11.6 Å². The third-order valence-corrected chi connectivity index (χ3v) is 2.53. The van der Waals surface area contributed by atoms with E-state index < -0.39 is 0 Å². The second-order valence-corrected chi connectivity index (χ2v) is 3.56. The van der Waals surface area contributed by atoms with E-state index in [1.807, 2.05) is 0 Å². The van der Waals surface area contributed by atoms with E-state index >= 15 is 0 Å². The van der Waals surface area contributed by atoms with Crippen LogP contribution in [0.25, 0.3) is 11.3 Å². The van der Waals surface area contributed by atoms with Gasteiger partial charge in [-0.3, -0.25) is 4.79 Å². The quantitative estimate of drug-likeness (QED) is 0.816. The number of aromatic nitrogens is 2. The lowest BCUT2D eigenvalue weighted by molar-refractivity contribution is 0.112. The number of aromatic hydroxyl groups is 1. The summed E-state index contributed by atoms with van der Waals surface area (Å²) in [5, 5.41) is 13.7. The first kappa shape index (κ1) is 11.2. The Labute approximate surface area is 98.3 Å². The Hall–Kier alpha value is -2.30. The van der Waals surface area contributed by atoms with Crippen molar-refractivity contribution < 1.29 is 14.6 Å². The molecule has 1 aromatic heterocycles. The Kier molecular flexibility index (Phi) is 2.82. The largest absolute Gasteiger partial charge is 0.497 e. The van der Waals surface area contributed by atoms with E-state index in [1.54, 1.807) is 38.4 Å². The Morgan fingerprint density at radius 1 is 1.35 bits per heavy atom. The molecule has 1 heterocycles. The van der Waals surface area contributed by atoms with Crippen molar-refractivity contribution in [1.29, 1.82) is 0 Å². The molecule has 0 bridgehead atoms. The molecule has 1 N–H and O–H groups in total. The van der Waals surface area contributed by atoms with E-state index in [1.165, 1.54) is 4.68 Å². The van der Waals surface area contributed by atoms with E-state index in [4.69, 9.17) is 4.74 Å². The van der Waals surface area contributed by atoms with Crippen LogP contribution in [-0.4, -0.2) is 28.3 Å². The SMILES string of the molecule is COc1ccc(-c2nn(C)c(O)c2C=O)cc1. The van der Waals surface area contributed by atoms with Crippen molar-refractivity contribution in [2.75, 3.05) is 7.11 Å². The minimum atomic E-state index is -0.134. The molecule has 0 radical (unpaired) electrons. The van der Waals surface area contributed by atoms with Crippen molar-refractivity contribution in [2.45, 2.75) is 0 Å². The van der Waals surface area contributed by atoms with Gasteiger partial charge in [-0.25, -0.2) is 4.68 Å². The highest BCUT2D eigenvalue weighted by molar-refractivity contribution is 5.88. The fourth-order valence-electron chi connectivity index (χ4n) is 1.60. The maximum Gasteiger partial charge on any atom is 0.220 e. The molecule has 0 aliphatic heterocycles. The molecule has 2 aromatic rings. The zero-order valence-electron chi connectivity index (χ0n) is 9.54. The lowest BCUT2D eigenvalue weighted by Gasteiger charge is -2.01. The molecule has 0 saturated heterocycles. The molecule has 2 rings (SSSR count). The topological polar surface area (TPSA) is 64.3 Å². The summed E-state index contributed by atoms with van der Waals surface area (Å²) in [6.45, 7) is 0. The molecule has 17 heavy (non-hydrogen) atoms. The summed E-state index contributed by atoms with van der Waals surface area (Å²) < 4.78 is 6.31. The van der Waals surface area contributed by atoms with Gasteiger partial charge in [-0.15, -0.1) is 0 Å². The van der Waals surface area contributed by atoms with Crippen molar-refractivity contribution in [1.82, 2.24) is 9.78 Å². The molecule has 0 spiro atoms. The average Bonchev–Trinajstić information content (AvgIpc) is 2.65. The van der Waals surface area contributed by atoms with Crippen molar-refractivity contribution in [3.8, 4) is 22.9 Å². The highest BCUT2D eigenvalue weighted by atomic mass is 16.5. The summed E-state index contributed by atoms with van der Waals surface area (Å²) in [5.74, 6) is 0.590.